The standard InChI is InChI=1S/C16H23NO4/c1-3-13-5-7-14(8-6-13)21-11-15(18)17-10-12(2)4-9-16(19)20/h5-8,12H,3-4,9-11H2,1-2H3,(H,17,18)(H,19,20). The number of rotatable bonds is 9. The Hall–Kier alpha value is -2.04. The number of carboxylic acids is 1. The van der Waals surface area contributed by atoms with Gasteiger partial charge in [0.05, 0.1) is 0 Å². The molecule has 0 saturated heterocycles. The van der Waals surface area contributed by atoms with Crippen LogP contribution in [-0.4, -0.2) is 30.1 Å². The summed E-state index contributed by atoms with van der Waals surface area (Å²) in [5, 5.41) is 11.3. The summed E-state index contributed by atoms with van der Waals surface area (Å²) in [5.41, 5.74) is 1.22. The predicted octanol–water partition coefficient (Wildman–Crippen LogP) is 2.24. The molecule has 1 aromatic carbocycles. The van der Waals surface area contributed by atoms with Gasteiger partial charge >= 0.3 is 5.97 Å². The largest absolute Gasteiger partial charge is 0.484 e. The highest BCUT2D eigenvalue weighted by molar-refractivity contribution is 5.77. The van der Waals surface area contributed by atoms with E-state index in [0.717, 1.165) is 6.42 Å². The number of aryl methyl sites for hydroxylation is 1. The van der Waals surface area contributed by atoms with Crippen LogP contribution in [0.5, 0.6) is 5.75 Å². The molecule has 0 saturated carbocycles. The summed E-state index contributed by atoms with van der Waals surface area (Å²) in [6.45, 7) is 4.42. The summed E-state index contributed by atoms with van der Waals surface area (Å²) in [4.78, 5) is 22.1. The molecular weight excluding hydrogens is 270 g/mol. The van der Waals surface area contributed by atoms with Crippen molar-refractivity contribution < 1.29 is 19.4 Å². The lowest BCUT2D eigenvalue weighted by Gasteiger charge is -2.12. The van der Waals surface area contributed by atoms with Crippen LogP contribution < -0.4 is 10.1 Å². The van der Waals surface area contributed by atoms with Crippen molar-refractivity contribution in [3.63, 3.8) is 0 Å². The molecule has 1 atom stereocenters. The minimum absolute atomic E-state index is 0.0306. The smallest absolute Gasteiger partial charge is 0.303 e. The van der Waals surface area contributed by atoms with Crippen molar-refractivity contribution in [2.24, 2.45) is 5.92 Å². The van der Waals surface area contributed by atoms with Gasteiger partial charge in [0, 0.05) is 13.0 Å². The van der Waals surface area contributed by atoms with E-state index in [1.165, 1.54) is 5.56 Å². The maximum absolute atomic E-state index is 11.6. The third-order valence-electron chi connectivity index (χ3n) is 3.20. The average molecular weight is 293 g/mol. The highest BCUT2D eigenvalue weighted by Crippen LogP contribution is 2.12. The summed E-state index contributed by atoms with van der Waals surface area (Å²) >= 11 is 0. The number of carbonyl (C=O) groups is 2. The third-order valence-corrected chi connectivity index (χ3v) is 3.20. The molecule has 1 amide bonds. The second-order valence-corrected chi connectivity index (χ2v) is 5.13. The van der Waals surface area contributed by atoms with E-state index in [1.807, 2.05) is 31.2 Å². The van der Waals surface area contributed by atoms with Crippen molar-refractivity contribution in [3.8, 4) is 5.75 Å². The minimum Gasteiger partial charge on any atom is -0.484 e. The highest BCUT2D eigenvalue weighted by Gasteiger charge is 2.08. The molecule has 1 aromatic rings. The van der Waals surface area contributed by atoms with Crippen molar-refractivity contribution in [2.75, 3.05) is 13.2 Å². The van der Waals surface area contributed by atoms with Crippen LogP contribution in [0.25, 0.3) is 0 Å². The zero-order chi connectivity index (χ0) is 15.7. The van der Waals surface area contributed by atoms with Gasteiger partial charge in [-0.15, -0.1) is 0 Å². The fourth-order valence-corrected chi connectivity index (χ4v) is 1.78. The number of carboxylic acid groups (broad SMARTS) is 1. The van der Waals surface area contributed by atoms with Gasteiger partial charge in [0.15, 0.2) is 6.61 Å². The lowest BCUT2D eigenvalue weighted by molar-refractivity contribution is -0.137. The van der Waals surface area contributed by atoms with Gasteiger partial charge in [0.25, 0.3) is 5.91 Å². The molecule has 0 radical (unpaired) electrons. The number of amides is 1. The van der Waals surface area contributed by atoms with Crippen LogP contribution in [0.15, 0.2) is 24.3 Å². The molecule has 2 N–H and O–H groups in total. The number of nitrogens with one attached hydrogen (secondary N) is 1. The van der Waals surface area contributed by atoms with E-state index in [-0.39, 0.29) is 24.9 Å². The number of aliphatic carboxylic acids is 1. The second kappa shape index (κ2) is 9.00. The average Bonchev–Trinajstić information content (AvgIpc) is 2.49. The summed E-state index contributed by atoms with van der Waals surface area (Å²) < 4.78 is 5.39. The summed E-state index contributed by atoms with van der Waals surface area (Å²) in [5.74, 6) is -0.209. The number of ether oxygens (including phenoxy) is 1. The number of hydrogen-bond acceptors (Lipinski definition) is 3. The van der Waals surface area contributed by atoms with Crippen molar-refractivity contribution in [1.29, 1.82) is 0 Å². The first-order valence-corrected chi connectivity index (χ1v) is 7.21. The van der Waals surface area contributed by atoms with Crippen LogP contribution in [0.4, 0.5) is 0 Å². The maximum atomic E-state index is 11.6. The number of carbonyl (C=O) groups excluding carboxylic acids is 1. The first-order valence-electron chi connectivity index (χ1n) is 7.21. The Kier molecular flexibility index (Phi) is 7.29. The van der Waals surface area contributed by atoms with Gasteiger partial charge < -0.3 is 15.2 Å². The normalized spacial score (nSPS) is 11.7. The van der Waals surface area contributed by atoms with Crippen LogP contribution in [0, 0.1) is 5.92 Å². The van der Waals surface area contributed by atoms with Crippen LogP contribution in [0.3, 0.4) is 0 Å². The van der Waals surface area contributed by atoms with E-state index in [9.17, 15) is 9.59 Å². The zero-order valence-corrected chi connectivity index (χ0v) is 12.6. The van der Waals surface area contributed by atoms with Gasteiger partial charge in [-0.3, -0.25) is 9.59 Å². The Morgan fingerprint density at radius 3 is 2.52 bits per heavy atom. The van der Waals surface area contributed by atoms with Gasteiger partial charge in [-0.1, -0.05) is 26.0 Å². The van der Waals surface area contributed by atoms with E-state index in [2.05, 4.69) is 12.2 Å². The Morgan fingerprint density at radius 2 is 1.95 bits per heavy atom. The summed E-state index contributed by atoms with van der Waals surface area (Å²) in [7, 11) is 0. The van der Waals surface area contributed by atoms with E-state index < -0.39 is 5.97 Å². The molecule has 5 heteroatoms. The molecule has 0 spiro atoms. The van der Waals surface area contributed by atoms with Crippen LogP contribution in [0.2, 0.25) is 0 Å². The summed E-state index contributed by atoms with van der Waals surface area (Å²) in [6, 6.07) is 7.64. The van der Waals surface area contributed by atoms with Crippen molar-refractivity contribution in [2.45, 2.75) is 33.1 Å². The topological polar surface area (TPSA) is 75.6 Å². The maximum Gasteiger partial charge on any atom is 0.303 e. The lowest BCUT2D eigenvalue weighted by Crippen LogP contribution is -2.32. The second-order valence-electron chi connectivity index (χ2n) is 5.13. The molecular formula is C16H23NO4. The first-order chi connectivity index (χ1) is 10.0. The van der Waals surface area contributed by atoms with Crippen molar-refractivity contribution in [3.05, 3.63) is 29.8 Å². The highest BCUT2D eigenvalue weighted by atomic mass is 16.5. The molecule has 116 valence electrons. The minimum atomic E-state index is -0.813. The molecule has 0 aliphatic heterocycles. The Morgan fingerprint density at radius 1 is 1.29 bits per heavy atom. The van der Waals surface area contributed by atoms with Gasteiger partial charge in [-0.05, 0) is 36.5 Å². The van der Waals surface area contributed by atoms with Crippen molar-refractivity contribution >= 4 is 11.9 Å². The van der Waals surface area contributed by atoms with Gasteiger partial charge in [-0.2, -0.15) is 0 Å². The predicted molar refractivity (Wildman–Crippen MR) is 80.4 cm³/mol. The number of hydrogen-bond donors (Lipinski definition) is 2. The Bertz CT molecular complexity index is 456. The van der Waals surface area contributed by atoms with E-state index in [4.69, 9.17) is 9.84 Å². The van der Waals surface area contributed by atoms with E-state index >= 15 is 0 Å². The van der Waals surface area contributed by atoms with Crippen LogP contribution in [0.1, 0.15) is 32.3 Å². The monoisotopic (exact) mass is 293 g/mol. The Labute approximate surface area is 125 Å². The molecule has 1 rings (SSSR count). The van der Waals surface area contributed by atoms with E-state index in [0.29, 0.717) is 18.7 Å². The molecule has 1 unspecified atom stereocenters. The molecule has 0 aliphatic rings. The van der Waals surface area contributed by atoms with Crippen LogP contribution >= 0.6 is 0 Å². The summed E-state index contributed by atoms with van der Waals surface area (Å²) in [6.07, 6.45) is 1.64. The van der Waals surface area contributed by atoms with Gasteiger partial charge in [-0.25, -0.2) is 0 Å². The lowest BCUT2D eigenvalue weighted by atomic mass is 10.1. The van der Waals surface area contributed by atoms with Crippen molar-refractivity contribution in [1.82, 2.24) is 5.32 Å². The van der Waals surface area contributed by atoms with E-state index in [1.54, 1.807) is 0 Å². The van der Waals surface area contributed by atoms with Gasteiger partial charge in [0.2, 0.25) is 0 Å². The quantitative estimate of drug-likeness (QED) is 0.732. The fraction of sp³-hybridized carbons (Fsp3) is 0.500. The molecule has 21 heavy (non-hydrogen) atoms. The number of benzene rings is 1. The zero-order valence-electron chi connectivity index (χ0n) is 12.6. The molecule has 0 heterocycles. The molecule has 0 aliphatic carbocycles. The molecule has 0 fully saturated rings. The SMILES string of the molecule is CCc1ccc(OCC(=O)NCC(C)CCC(=O)O)cc1. The van der Waals surface area contributed by atoms with Gasteiger partial charge in [0.1, 0.15) is 5.75 Å². The molecule has 5 nitrogen and oxygen atoms in total. The molecule has 0 bridgehead atoms. The Balaban J connectivity index is 2.22. The molecule has 0 aromatic heterocycles. The fourth-order valence-electron chi connectivity index (χ4n) is 1.78. The third kappa shape index (κ3) is 7.34. The van der Waals surface area contributed by atoms with Crippen LogP contribution in [-0.2, 0) is 16.0 Å². The first kappa shape index (κ1) is 17.0.